The summed E-state index contributed by atoms with van der Waals surface area (Å²) in [7, 11) is -3.63. The zero-order valence-electron chi connectivity index (χ0n) is 19.7. The van der Waals surface area contributed by atoms with Crippen molar-refractivity contribution in [1.29, 1.82) is 0 Å². The van der Waals surface area contributed by atoms with Gasteiger partial charge < -0.3 is 15.2 Å². The van der Waals surface area contributed by atoms with Crippen molar-refractivity contribution in [3.8, 4) is 0 Å². The number of hydrogen-bond donors (Lipinski definition) is 2. The molecular weight excluding hydrogens is 486 g/mol. The standard InChI is InChI=1S/C24H27N5O4S2/c1-5-14-29-22(15-35(32,33)21-12-6-16(2)7-13-21)27-28-24(29)34-17(3)23(31)26-20-10-8-19(9-11-20)25-18(4)30/h5-13,17H,1,14-15H2,2-4H3,(H,25,30)(H,26,31). The number of nitrogens with one attached hydrogen (secondary N) is 2. The Kier molecular flexibility index (Phi) is 8.47. The highest BCUT2D eigenvalue weighted by Gasteiger charge is 2.24. The number of carbonyl (C=O) groups is 2. The number of thioether (sulfide) groups is 1. The van der Waals surface area contributed by atoms with E-state index >= 15 is 0 Å². The first kappa shape index (κ1) is 26.2. The molecule has 9 nitrogen and oxygen atoms in total. The molecule has 1 atom stereocenters. The summed E-state index contributed by atoms with van der Waals surface area (Å²) in [5.41, 5.74) is 2.17. The normalized spacial score (nSPS) is 12.1. The first-order valence-corrected chi connectivity index (χ1v) is 13.3. The Bertz CT molecular complexity index is 1320. The molecule has 2 amide bonds. The summed E-state index contributed by atoms with van der Waals surface area (Å²) >= 11 is 1.17. The maximum atomic E-state index is 12.9. The lowest BCUT2D eigenvalue weighted by atomic mass is 10.2. The fourth-order valence-electron chi connectivity index (χ4n) is 3.12. The summed E-state index contributed by atoms with van der Waals surface area (Å²) < 4.78 is 27.4. The molecule has 0 aliphatic carbocycles. The smallest absolute Gasteiger partial charge is 0.237 e. The molecule has 1 aromatic heterocycles. The molecule has 184 valence electrons. The van der Waals surface area contributed by atoms with Crippen molar-refractivity contribution in [3.63, 3.8) is 0 Å². The topological polar surface area (TPSA) is 123 Å². The minimum Gasteiger partial charge on any atom is -0.326 e. The van der Waals surface area contributed by atoms with Crippen LogP contribution in [0.4, 0.5) is 11.4 Å². The summed E-state index contributed by atoms with van der Waals surface area (Å²) in [6.45, 7) is 9.07. The second-order valence-corrected chi connectivity index (χ2v) is 11.2. The molecule has 35 heavy (non-hydrogen) atoms. The van der Waals surface area contributed by atoms with Crippen molar-refractivity contribution >= 4 is 44.8 Å². The Morgan fingerprint density at radius 1 is 1.06 bits per heavy atom. The van der Waals surface area contributed by atoms with Crippen LogP contribution in [0, 0.1) is 6.92 Å². The third kappa shape index (κ3) is 7.03. The number of hydrogen-bond acceptors (Lipinski definition) is 7. The van der Waals surface area contributed by atoms with Crippen molar-refractivity contribution in [2.24, 2.45) is 0 Å². The number of nitrogens with zero attached hydrogens (tertiary/aromatic N) is 3. The quantitative estimate of drug-likeness (QED) is 0.312. The number of carbonyl (C=O) groups excluding carboxylic acids is 2. The van der Waals surface area contributed by atoms with E-state index in [1.807, 2.05) is 6.92 Å². The summed E-state index contributed by atoms with van der Waals surface area (Å²) in [4.78, 5) is 24.1. The maximum Gasteiger partial charge on any atom is 0.237 e. The molecule has 3 aromatic rings. The number of rotatable bonds is 10. The van der Waals surface area contributed by atoms with E-state index in [0.717, 1.165) is 5.56 Å². The van der Waals surface area contributed by atoms with Crippen molar-refractivity contribution in [2.45, 2.75) is 48.4 Å². The van der Waals surface area contributed by atoms with E-state index in [1.54, 1.807) is 66.1 Å². The van der Waals surface area contributed by atoms with Gasteiger partial charge in [0.15, 0.2) is 15.0 Å². The zero-order valence-corrected chi connectivity index (χ0v) is 21.3. The van der Waals surface area contributed by atoms with Crippen LogP contribution in [0.2, 0.25) is 0 Å². The third-order valence-electron chi connectivity index (χ3n) is 4.93. The number of aryl methyl sites for hydroxylation is 1. The molecule has 2 N–H and O–H groups in total. The van der Waals surface area contributed by atoms with Crippen molar-refractivity contribution < 1.29 is 18.0 Å². The van der Waals surface area contributed by atoms with Crippen LogP contribution in [0.3, 0.4) is 0 Å². The van der Waals surface area contributed by atoms with Gasteiger partial charge in [-0.05, 0) is 50.2 Å². The summed E-state index contributed by atoms with van der Waals surface area (Å²) in [5.74, 6) is -0.488. The van der Waals surface area contributed by atoms with Gasteiger partial charge in [-0.25, -0.2) is 8.42 Å². The lowest BCUT2D eigenvalue weighted by Crippen LogP contribution is -2.23. The first-order chi connectivity index (χ1) is 16.6. The van der Waals surface area contributed by atoms with Gasteiger partial charge >= 0.3 is 0 Å². The summed E-state index contributed by atoms with van der Waals surface area (Å²) in [6.07, 6.45) is 1.62. The number of aromatic nitrogens is 3. The average molecular weight is 514 g/mol. The van der Waals surface area contributed by atoms with Gasteiger partial charge in [0.05, 0.1) is 10.1 Å². The summed E-state index contributed by atoms with van der Waals surface area (Å²) in [6, 6.07) is 13.4. The van der Waals surface area contributed by atoms with Gasteiger partial charge in [-0.2, -0.15) is 0 Å². The molecule has 11 heteroatoms. The highest BCUT2D eigenvalue weighted by atomic mass is 32.2. The lowest BCUT2D eigenvalue weighted by Gasteiger charge is -2.13. The van der Waals surface area contributed by atoms with Crippen LogP contribution in [0.1, 0.15) is 25.2 Å². The second kappa shape index (κ2) is 11.3. The maximum absolute atomic E-state index is 12.9. The van der Waals surface area contributed by atoms with Gasteiger partial charge in [0.2, 0.25) is 11.8 Å². The molecule has 0 aliphatic heterocycles. The van der Waals surface area contributed by atoms with Crippen LogP contribution in [0.25, 0.3) is 0 Å². The Morgan fingerprint density at radius 3 is 2.23 bits per heavy atom. The Balaban J connectivity index is 1.71. The van der Waals surface area contributed by atoms with E-state index < -0.39 is 15.1 Å². The van der Waals surface area contributed by atoms with Gasteiger partial charge in [0, 0.05) is 24.8 Å². The third-order valence-corrected chi connectivity index (χ3v) is 7.64. The predicted molar refractivity (Wildman–Crippen MR) is 137 cm³/mol. The van der Waals surface area contributed by atoms with Gasteiger partial charge in [-0.3, -0.25) is 9.59 Å². The highest BCUT2D eigenvalue weighted by molar-refractivity contribution is 8.00. The fourth-order valence-corrected chi connectivity index (χ4v) is 5.27. The molecular formula is C24H27N5O4S2. The van der Waals surface area contributed by atoms with E-state index in [9.17, 15) is 18.0 Å². The zero-order chi connectivity index (χ0) is 25.6. The Morgan fingerprint density at radius 2 is 1.66 bits per heavy atom. The van der Waals surface area contributed by atoms with Crippen LogP contribution in [-0.2, 0) is 31.7 Å². The average Bonchev–Trinajstić information content (AvgIpc) is 3.15. The highest BCUT2D eigenvalue weighted by Crippen LogP contribution is 2.26. The number of benzene rings is 2. The molecule has 0 aliphatic rings. The van der Waals surface area contributed by atoms with Crippen molar-refractivity contribution in [1.82, 2.24) is 14.8 Å². The van der Waals surface area contributed by atoms with Gasteiger partial charge in [0.25, 0.3) is 0 Å². The van der Waals surface area contributed by atoms with E-state index in [1.165, 1.54) is 18.7 Å². The lowest BCUT2D eigenvalue weighted by molar-refractivity contribution is -0.115. The van der Waals surface area contributed by atoms with Gasteiger partial charge in [-0.15, -0.1) is 16.8 Å². The molecule has 0 bridgehead atoms. The Labute approximate surface area is 209 Å². The Hall–Kier alpha value is -3.44. The second-order valence-electron chi connectivity index (χ2n) is 7.88. The van der Waals surface area contributed by atoms with E-state index in [4.69, 9.17) is 0 Å². The van der Waals surface area contributed by atoms with Crippen molar-refractivity contribution in [3.05, 3.63) is 72.6 Å². The molecule has 1 unspecified atom stereocenters. The van der Waals surface area contributed by atoms with Gasteiger partial charge in [0.1, 0.15) is 11.6 Å². The van der Waals surface area contributed by atoms with Crippen LogP contribution < -0.4 is 10.6 Å². The number of anilines is 2. The molecule has 0 spiro atoms. The minimum atomic E-state index is -3.63. The monoisotopic (exact) mass is 513 g/mol. The molecule has 0 saturated carbocycles. The molecule has 0 radical (unpaired) electrons. The van der Waals surface area contributed by atoms with E-state index in [0.29, 0.717) is 23.1 Å². The molecule has 0 saturated heterocycles. The minimum absolute atomic E-state index is 0.179. The van der Waals surface area contributed by atoms with Crippen LogP contribution in [-0.4, -0.2) is 40.2 Å². The molecule has 0 fully saturated rings. The number of amides is 2. The van der Waals surface area contributed by atoms with E-state index in [-0.39, 0.29) is 28.3 Å². The molecule has 2 aromatic carbocycles. The molecule has 3 rings (SSSR count). The van der Waals surface area contributed by atoms with Crippen LogP contribution in [0.15, 0.2) is 71.2 Å². The SMILES string of the molecule is C=CCn1c(CS(=O)(=O)c2ccc(C)cc2)nnc1SC(C)C(=O)Nc1ccc(NC(C)=O)cc1. The molecule has 1 heterocycles. The fraction of sp³-hybridized carbons (Fsp3) is 0.250. The van der Waals surface area contributed by atoms with Crippen molar-refractivity contribution in [2.75, 3.05) is 10.6 Å². The van der Waals surface area contributed by atoms with Crippen LogP contribution in [0.5, 0.6) is 0 Å². The number of allylic oxidation sites excluding steroid dienone is 1. The number of sulfone groups is 1. The van der Waals surface area contributed by atoms with Crippen LogP contribution >= 0.6 is 11.8 Å². The van der Waals surface area contributed by atoms with Gasteiger partial charge in [-0.1, -0.05) is 35.5 Å². The largest absolute Gasteiger partial charge is 0.326 e. The summed E-state index contributed by atoms with van der Waals surface area (Å²) in [5, 5.41) is 13.6. The first-order valence-electron chi connectivity index (χ1n) is 10.8. The van der Waals surface area contributed by atoms with E-state index in [2.05, 4.69) is 27.4 Å². The predicted octanol–water partition coefficient (Wildman–Crippen LogP) is 3.82.